The highest BCUT2D eigenvalue weighted by Crippen LogP contribution is 2.31. The van der Waals surface area contributed by atoms with Gasteiger partial charge in [-0.25, -0.2) is 4.79 Å². The molecule has 5 heteroatoms. The molecule has 2 saturated carbocycles. The van der Waals surface area contributed by atoms with Crippen LogP contribution in [-0.2, 0) is 4.79 Å². The maximum absolute atomic E-state index is 12.5. The number of amides is 3. The molecule has 0 unspecified atom stereocenters. The molecule has 0 radical (unpaired) electrons. The van der Waals surface area contributed by atoms with E-state index >= 15 is 0 Å². The van der Waals surface area contributed by atoms with E-state index in [-0.39, 0.29) is 11.9 Å². The molecule has 0 aromatic carbocycles. The largest absolute Gasteiger partial charge is 0.339 e. The van der Waals surface area contributed by atoms with Crippen molar-refractivity contribution in [2.75, 3.05) is 26.2 Å². The first-order valence-electron chi connectivity index (χ1n) is 8.90. The van der Waals surface area contributed by atoms with E-state index < -0.39 is 0 Å². The van der Waals surface area contributed by atoms with Gasteiger partial charge in [0, 0.05) is 38.1 Å². The molecule has 3 rings (SSSR count). The van der Waals surface area contributed by atoms with Crippen LogP contribution in [0.25, 0.3) is 0 Å². The van der Waals surface area contributed by atoms with Crippen LogP contribution in [0.5, 0.6) is 0 Å². The number of carbonyl (C=O) groups excluding carboxylic acids is 2. The number of hydrogen-bond acceptors (Lipinski definition) is 2. The maximum Gasteiger partial charge on any atom is 0.317 e. The fourth-order valence-electron chi connectivity index (χ4n) is 3.75. The van der Waals surface area contributed by atoms with E-state index in [2.05, 4.69) is 19.2 Å². The van der Waals surface area contributed by atoms with Gasteiger partial charge in [-0.1, -0.05) is 26.7 Å². The van der Waals surface area contributed by atoms with Crippen LogP contribution in [0, 0.1) is 17.8 Å². The molecule has 1 aliphatic heterocycles. The first kappa shape index (κ1) is 15.6. The maximum atomic E-state index is 12.5. The molecule has 1 saturated heterocycles. The van der Waals surface area contributed by atoms with Gasteiger partial charge in [0.1, 0.15) is 0 Å². The lowest BCUT2D eigenvalue weighted by Gasteiger charge is -2.38. The van der Waals surface area contributed by atoms with Crippen LogP contribution in [0.3, 0.4) is 0 Å². The van der Waals surface area contributed by atoms with Crippen molar-refractivity contribution in [1.29, 1.82) is 0 Å². The van der Waals surface area contributed by atoms with Crippen LogP contribution >= 0.6 is 0 Å². The minimum absolute atomic E-state index is 0.0597. The third-order valence-corrected chi connectivity index (χ3v) is 5.82. The molecule has 3 amide bonds. The highest BCUT2D eigenvalue weighted by molar-refractivity contribution is 5.81. The minimum Gasteiger partial charge on any atom is -0.339 e. The molecule has 0 aromatic rings. The Bertz CT molecular complexity index is 428. The molecule has 5 nitrogen and oxygen atoms in total. The van der Waals surface area contributed by atoms with Crippen LogP contribution in [0.15, 0.2) is 0 Å². The molecule has 2 aliphatic carbocycles. The topological polar surface area (TPSA) is 52.7 Å². The lowest BCUT2D eigenvalue weighted by Crippen LogP contribution is -2.56. The van der Waals surface area contributed by atoms with Gasteiger partial charge in [-0.15, -0.1) is 0 Å². The Morgan fingerprint density at radius 2 is 1.55 bits per heavy atom. The second-order valence-corrected chi connectivity index (χ2v) is 7.41. The highest BCUT2D eigenvalue weighted by atomic mass is 16.2. The summed E-state index contributed by atoms with van der Waals surface area (Å²) in [4.78, 5) is 28.3. The Morgan fingerprint density at radius 1 is 0.909 bits per heavy atom. The van der Waals surface area contributed by atoms with E-state index in [1.54, 1.807) is 0 Å². The van der Waals surface area contributed by atoms with Crippen molar-refractivity contribution in [2.45, 2.75) is 52.0 Å². The number of hydrogen-bond donors (Lipinski definition) is 1. The van der Waals surface area contributed by atoms with E-state index in [4.69, 9.17) is 0 Å². The lowest BCUT2D eigenvalue weighted by molar-refractivity contribution is -0.133. The Kier molecular flexibility index (Phi) is 4.59. The Morgan fingerprint density at radius 3 is 2.18 bits per heavy atom. The quantitative estimate of drug-likeness (QED) is 0.849. The summed E-state index contributed by atoms with van der Waals surface area (Å²) in [6, 6.07) is 0.367. The molecule has 1 N–H and O–H groups in total. The Labute approximate surface area is 133 Å². The SMILES string of the molecule is C[C@H]1[C@H](C)CCC[C@H]1NC(=O)N1CCN(C(=O)C2CC2)CC1. The summed E-state index contributed by atoms with van der Waals surface area (Å²) >= 11 is 0. The van der Waals surface area contributed by atoms with Gasteiger partial charge in [0.15, 0.2) is 0 Å². The van der Waals surface area contributed by atoms with Crippen molar-refractivity contribution in [1.82, 2.24) is 15.1 Å². The van der Waals surface area contributed by atoms with Gasteiger partial charge in [-0.3, -0.25) is 4.79 Å². The number of piperazine rings is 1. The van der Waals surface area contributed by atoms with Gasteiger partial charge in [0.2, 0.25) is 5.91 Å². The molecule has 3 atom stereocenters. The van der Waals surface area contributed by atoms with Gasteiger partial charge in [-0.05, 0) is 31.1 Å². The second-order valence-electron chi connectivity index (χ2n) is 7.41. The number of carbonyl (C=O) groups is 2. The summed E-state index contributed by atoms with van der Waals surface area (Å²) in [6.45, 7) is 7.26. The molecule has 0 aromatic heterocycles. The summed E-state index contributed by atoms with van der Waals surface area (Å²) < 4.78 is 0. The predicted molar refractivity (Wildman–Crippen MR) is 85.4 cm³/mol. The summed E-state index contributed by atoms with van der Waals surface area (Å²) in [6.07, 6.45) is 5.68. The summed E-state index contributed by atoms with van der Waals surface area (Å²) in [5.41, 5.74) is 0. The first-order chi connectivity index (χ1) is 10.6. The van der Waals surface area contributed by atoms with E-state index in [1.165, 1.54) is 12.8 Å². The molecular formula is C17H29N3O2. The van der Waals surface area contributed by atoms with Crippen LogP contribution in [0.4, 0.5) is 4.79 Å². The number of nitrogens with one attached hydrogen (secondary N) is 1. The number of nitrogens with zero attached hydrogens (tertiary/aromatic N) is 2. The molecule has 3 aliphatic rings. The van der Waals surface area contributed by atoms with Crippen molar-refractivity contribution in [2.24, 2.45) is 17.8 Å². The van der Waals surface area contributed by atoms with Gasteiger partial charge in [0.25, 0.3) is 0 Å². The van der Waals surface area contributed by atoms with Crippen LogP contribution < -0.4 is 5.32 Å². The third kappa shape index (κ3) is 3.39. The average molecular weight is 307 g/mol. The van der Waals surface area contributed by atoms with E-state index in [0.717, 1.165) is 19.3 Å². The third-order valence-electron chi connectivity index (χ3n) is 5.82. The van der Waals surface area contributed by atoms with Crippen molar-refractivity contribution in [3.8, 4) is 0 Å². The smallest absolute Gasteiger partial charge is 0.317 e. The molecule has 124 valence electrons. The second kappa shape index (κ2) is 6.47. The number of rotatable bonds is 2. The van der Waals surface area contributed by atoms with E-state index in [9.17, 15) is 9.59 Å². The lowest BCUT2D eigenvalue weighted by atomic mass is 9.78. The monoisotopic (exact) mass is 307 g/mol. The zero-order valence-corrected chi connectivity index (χ0v) is 13.9. The molecule has 0 spiro atoms. The zero-order chi connectivity index (χ0) is 15.7. The van der Waals surface area contributed by atoms with Gasteiger partial charge < -0.3 is 15.1 Å². The van der Waals surface area contributed by atoms with Crippen molar-refractivity contribution in [3.63, 3.8) is 0 Å². The molecular weight excluding hydrogens is 278 g/mol. The standard InChI is InChI=1S/C17H29N3O2/c1-12-4-3-5-15(13(12)2)18-17(22)20-10-8-19(9-11-20)16(21)14-6-7-14/h12-15H,3-11H2,1-2H3,(H,18,22)/t12-,13+,15-/m1/s1. The van der Waals surface area contributed by atoms with Crippen LogP contribution in [-0.4, -0.2) is 54.0 Å². The van der Waals surface area contributed by atoms with Crippen molar-refractivity contribution in [3.05, 3.63) is 0 Å². The van der Waals surface area contributed by atoms with Crippen molar-refractivity contribution >= 4 is 11.9 Å². The minimum atomic E-state index is 0.0597. The summed E-state index contributed by atoms with van der Waals surface area (Å²) in [5, 5.41) is 3.23. The Balaban J connectivity index is 1.46. The van der Waals surface area contributed by atoms with Crippen molar-refractivity contribution < 1.29 is 9.59 Å². The molecule has 22 heavy (non-hydrogen) atoms. The molecule has 3 fully saturated rings. The van der Waals surface area contributed by atoms with Gasteiger partial charge in [0.05, 0.1) is 0 Å². The average Bonchev–Trinajstić information content (AvgIpc) is 3.36. The van der Waals surface area contributed by atoms with E-state index in [0.29, 0.717) is 50.0 Å². The van der Waals surface area contributed by atoms with Gasteiger partial charge in [-0.2, -0.15) is 0 Å². The fourth-order valence-corrected chi connectivity index (χ4v) is 3.75. The summed E-state index contributed by atoms with van der Waals surface area (Å²) in [7, 11) is 0. The highest BCUT2D eigenvalue weighted by Gasteiger charge is 2.35. The Hall–Kier alpha value is -1.26. The molecule has 1 heterocycles. The summed E-state index contributed by atoms with van der Waals surface area (Å²) in [5.74, 6) is 1.82. The zero-order valence-electron chi connectivity index (χ0n) is 13.9. The van der Waals surface area contributed by atoms with E-state index in [1.807, 2.05) is 9.80 Å². The number of urea groups is 1. The van der Waals surface area contributed by atoms with Crippen LogP contribution in [0.2, 0.25) is 0 Å². The normalized spacial score (nSPS) is 32.7. The first-order valence-corrected chi connectivity index (χ1v) is 8.90. The predicted octanol–water partition coefficient (Wildman–Crippen LogP) is 2.07. The van der Waals surface area contributed by atoms with Gasteiger partial charge >= 0.3 is 6.03 Å². The fraction of sp³-hybridized carbons (Fsp3) is 0.882. The van der Waals surface area contributed by atoms with Crippen LogP contribution in [0.1, 0.15) is 46.0 Å². The molecule has 0 bridgehead atoms.